The van der Waals surface area contributed by atoms with Crippen LogP contribution < -0.4 is 20.7 Å². The Balaban J connectivity index is 1.25. The highest BCUT2D eigenvalue weighted by Crippen LogP contribution is 2.51. The van der Waals surface area contributed by atoms with Crippen LogP contribution in [0.15, 0.2) is 60.5 Å². The van der Waals surface area contributed by atoms with Crippen molar-refractivity contribution in [1.82, 2.24) is 10.3 Å². The minimum absolute atomic E-state index is 0.0238. The van der Waals surface area contributed by atoms with Gasteiger partial charge in [-0.1, -0.05) is 12.7 Å². The number of ether oxygens (including phenoxy) is 3. The van der Waals surface area contributed by atoms with Crippen LogP contribution in [0.4, 0.5) is 34.3 Å². The number of aromatic nitrogens is 1. The van der Waals surface area contributed by atoms with E-state index in [1.54, 1.807) is 24.3 Å². The summed E-state index contributed by atoms with van der Waals surface area (Å²) in [5, 5.41) is 7.33. The molecule has 9 nitrogen and oxygen atoms in total. The first-order valence-electron chi connectivity index (χ1n) is 10.8. The van der Waals surface area contributed by atoms with Crippen molar-refractivity contribution in [2.75, 3.05) is 17.2 Å². The highest BCUT2D eigenvalue weighted by Gasteiger charge is 2.61. The van der Waals surface area contributed by atoms with E-state index in [2.05, 4.69) is 27.5 Å². The van der Waals surface area contributed by atoms with E-state index < -0.39 is 41.3 Å². The summed E-state index contributed by atoms with van der Waals surface area (Å²) in [5.74, 6) is -2.52. The number of amides is 3. The predicted octanol–water partition coefficient (Wildman–Crippen LogP) is 4.16. The average Bonchev–Trinajstić information content (AvgIpc) is 3.36. The lowest BCUT2D eigenvalue weighted by Crippen LogP contribution is -2.34. The Morgan fingerprint density at radius 2 is 2.08 bits per heavy atom. The predicted molar refractivity (Wildman–Crippen MR) is 121 cm³/mol. The lowest BCUT2D eigenvalue weighted by molar-refractivity contribution is 0.149. The lowest BCUT2D eigenvalue weighted by Gasteiger charge is -2.19. The summed E-state index contributed by atoms with van der Waals surface area (Å²) >= 11 is 0. The first-order valence-corrected chi connectivity index (χ1v) is 10.8. The Morgan fingerprint density at radius 3 is 2.89 bits per heavy atom. The summed E-state index contributed by atoms with van der Waals surface area (Å²) in [6.07, 6.45) is 5.59. The number of halogens is 3. The summed E-state index contributed by atoms with van der Waals surface area (Å²) in [5.41, 5.74) is 0.886. The molecule has 0 bridgehead atoms. The number of carbonyl (C=O) groups is 2. The fraction of sp³-hybridized carbons (Fsp3) is 0.208. The van der Waals surface area contributed by atoms with Gasteiger partial charge in [0.25, 0.3) is 0 Å². The van der Waals surface area contributed by atoms with Gasteiger partial charge >= 0.3 is 12.1 Å². The Hall–Kier alpha value is -4.48. The van der Waals surface area contributed by atoms with Gasteiger partial charge in [-0.3, -0.25) is 5.32 Å². The molecule has 12 heteroatoms. The number of cyclic esters (lactones) is 1. The molecule has 2 aromatic rings. The Kier molecular flexibility index (Phi) is 6.00. The van der Waals surface area contributed by atoms with Crippen LogP contribution in [-0.4, -0.2) is 35.9 Å². The number of rotatable bonds is 6. The number of hydrogen-bond donors (Lipinski definition) is 3. The molecule has 3 aliphatic rings. The topological polar surface area (TPSA) is 111 Å². The molecule has 3 heterocycles. The summed E-state index contributed by atoms with van der Waals surface area (Å²) in [4.78, 5) is 27.8. The molecule has 2 aliphatic heterocycles. The molecule has 1 saturated carbocycles. The molecule has 5 rings (SSSR count). The molecule has 0 unspecified atom stereocenters. The molecule has 1 aromatic carbocycles. The van der Waals surface area contributed by atoms with Crippen molar-refractivity contribution in [2.45, 2.75) is 18.8 Å². The third kappa shape index (κ3) is 4.44. The third-order valence-electron chi connectivity index (χ3n) is 5.81. The Labute approximate surface area is 202 Å². The first kappa shape index (κ1) is 23.3. The number of anilines is 2. The van der Waals surface area contributed by atoms with E-state index in [1.165, 1.54) is 6.20 Å². The minimum atomic E-state index is -1.35. The highest BCUT2D eigenvalue weighted by atomic mass is 19.2. The molecule has 1 aliphatic carbocycles. The van der Waals surface area contributed by atoms with Crippen LogP contribution in [0.1, 0.15) is 5.56 Å². The van der Waals surface area contributed by atoms with Gasteiger partial charge in [0.05, 0.1) is 23.2 Å². The monoisotopic (exact) mass is 500 g/mol. The second-order valence-corrected chi connectivity index (χ2v) is 8.05. The first-order chi connectivity index (χ1) is 17.4. The van der Waals surface area contributed by atoms with E-state index in [9.17, 15) is 22.8 Å². The van der Waals surface area contributed by atoms with Crippen LogP contribution in [0.5, 0.6) is 5.75 Å². The Morgan fingerprint density at radius 1 is 1.28 bits per heavy atom. The zero-order valence-electron chi connectivity index (χ0n) is 18.5. The van der Waals surface area contributed by atoms with Crippen LogP contribution in [0.25, 0.3) is 0 Å². The van der Waals surface area contributed by atoms with E-state index in [4.69, 9.17) is 14.2 Å². The molecule has 36 heavy (non-hydrogen) atoms. The quantitative estimate of drug-likeness (QED) is 0.514. The smallest absolute Gasteiger partial charge is 0.413 e. The Bertz CT molecular complexity index is 1330. The number of urea groups is 1. The molecule has 3 N–H and O–H groups in total. The number of fused-ring (bicyclic) bond motifs is 2. The molecule has 2 fully saturated rings. The summed E-state index contributed by atoms with van der Waals surface area (Å²) in [6.45, 7) is 3.84. The van der Waals surface area contributed by atoms with E-state index in [0.717, 1.165) is 5.57 Å². The van der Waals surface area contributed by atoms with Gasteiger partial charge in [-0.25, -0.2) is 27.7 Å². The summed E-state index contributed by atoms with van der Waals surface area (Å²) < 4.78 is 57.1. The van der Waals surface area contributed by atoms with Crippen molar-refractivity contribution in [3.8, 4) is 5.75 Å². The molecule has 3 amide bonds. The van der Waals surface area contributed by atoms with Crippen LogP contribution >= 0.6 is 0 Å². The molecule has 3 atom stereocenters. The van der Waals surface area contributed by atoms with Gasteiger partial charge < -0.3 is 24.8 Å². The molecule has 1 aromatic heterocycles. The largest absolute Gasteiger partial charge is 0.489 e. The average molecular weight is 500 g/mol. The maximum absolute atomic E-state index is 13.8. The second-order valence-electron chi connectivity index (χ2n) is 8.05. The van der Waals surface area contributed by atoms with Crippen molar-refractivity contribution in [3.63, 3.8) is 0 Å². The van der Waals surface area contributed by atoms with Gasteiger partial charge in [0.15, 0.2) is 11.6 Å². The minimum Gasteiger partial charge on any atom is -0.489 e. The summed E-state index contributed by atoms with van der Waals surface area (Å²) in [7, 11) is 0. The fourth-order valence-electron chi connectivity index (χ4n) is 4.11. The lowest BCUT2D eigenvalue weighted by atomic mass is 10.1. The van der Waals surface area contributed by atoms with Crippen molar-refractivity contribution in [3.05, 3.63) is 83.6 Å². The molecule has 0 radical (unpaired) electrons. The number of nitrogens with one attached hydrogen (secondary N) is 3. The van der Waals surface area contributed by atoms with Crippen LogP contribution in [0.2, 0.25) is 0 Å². The van der Waals surface area contributed by atoms with Gasteiger partial charge in [-0.15, -0.1) is 0 Å². The van der Waals surface area contributed by atoms with Gasteiger partial charge in [0.2, 0.25) is 0 Å². The molecular weight excluding hydrogens is 481 g/mol. The second kappa shape index (κ2) is 9.29. The number of hydrogen-bond acceptors (Lipinski definition) is 6. The highest BCUT2D eigenvalue weighted by molar-refractivity contribution is 5.90. The summed E-state index contributed by atoms with van der Waals surface area (Å²) in [6, 6.07) is 1.35. The van der Waals surface area contributed by atoms with E-state index in [0.29, 0.717) is 35.0 Å². The van der Waals surface area contributed by atoms with Crippen LogP contribution in [0.3, 0.4) is 0 Å². The van der Waals surface area contributed by atoms with Crippen molar-refractivity contribution in [2.24, 2.45) is 5.92 Å². The molecule has 1 saturated heterocycles. The van der Waals surface area contributed by atoms with Crippen LogP contribution in [-0.2, 0) is 16.1 Å². The van der Waals surface area contributed by atoms with Crippen molar-refractivity contribution in [1.29, 1.82) is 0 Å². The van der Waals surface area contributed by atoms with Gasteiger partial charge in [-0.2, -0.15) is 0 Å². The fourth-order valence-corrected chi connectivity index (χ4v) is 4.11. The normalized spacial score (nSPS) is 23.6. The van der Waals surface area contributed by atoms with Crippen LogP contribution in [0, 0.1) is 23.4 Å². The maximum atomic E-state index is 13.8. The number of nitrogens with zero attached hydrogens (tertiary/aromatic N) is 1. The number of benzene rings is 1. The van der Waals surface area contributed by atoms with Gasteiger partial charge in [-0.05, 0) is 18.2 Å². The van der Waals surface area contributed by atoms with Gasteiger partial charge in [0.1, 0.15) is 42.5 Å². The van der Waals surface area contributed by atoms with Crippen molar-refractivity contribution < 1.29 is 37.0 Å². The molecule has 0 spiro atoms. The van der Waals surface area contributed by atoms with E-state index in [1.807, 2.05) is 0 Å². The number of carbonyl (C=O) groups excluding carboxylic acids is 2. The zero-order chi connectivity index (χ0) is 25.4. The molecular formula is C24H19F3N4O5. The SMILES string of the molecule is C=C/C=C1/O[C@@H]2[C@H](NC(=O)Nc3cc(F)c(F)cc3F)[C@@H]2/C1=C/COc1ccnc2c1COC(=O)N2. The number of allylic oxidation sites excluding steroid dienone is 3. The van der Waals surface area contributed by atoms with E-state index in [-0.39, 0.29) is 25.2 Å². The number of pyridine rings is 1. The zero-order valence-corrected chi connectivity index (χ0v) is 18.5. The van der Waals surface area contributed by atoms with Gasteiger partial charge in [0, 0.05) is 23.9 Å². The maximum Gasteiger partial charge on any atom is 0.413 e. The van der Waals surface area contributed by atoms with Crippen molar-refractivity contribution >= 4 is 23.6 Å². The van der Waals surface area contributed by atoms with E-state index >= 15 is 0 Å². The third-order valence-corrected chi connectivity index (χ3v) is 5.81. The molecule has 186 valence electrons. The standard InChI is InChI=1S/C24H19F3N4O5/c1-2-3-18-11(5-7-34-17-4-6-28-22-12(17)10-35-24(33)31-22)19-20(21(19)36-18)30-23(32)29-16-9-14(26)13(25)8-15(16)27/h2-6,8-9,19-21H,1,7,10H2,(H,28,31,33)(H2,29,30,32)/b11-5+,18-3+/t19-,20+,21-/m0/s1.